The largest absolute Gasteiger partial charge is 0.479 e. The minimum absolute atomic E-state index is 0.0165. The highest BCUT2D eigenvalue weighted by atomic mass is 16.7. The molecule has 41 heavy (non-hydrogen) atoms. The molecule has 0 aromatic heterocycles. The predicted octanol–water partition coefficient (Wildman–Crippen LogP) is -0.288. The molecule has 0 aliphatic carbocycles. The Morgan fingerprint density at radius 2 is 1.80 bits per heavy atom. The van der Waals surface area contributed by atoms with Gasteiger partial charge in [0.05, 0.1) is 12.8 Å². The summed E-state index contributed by atoms with van der Waals surface area (Å²) >= 11 is 0. The molecule has 2 heterocycles. The van der Waals surface area contributed by atoms with Crippen molar-refractivity contribution < 1.29 is 68.1 Å². The second kappa shape index (κ2) is 13.8. The lowest BCUT2D eigenvalue weighted by molar-refractivity contribution is -0.325. The summed E-state index contributed by atoms with van der Waals surface area (Å²) in [4.78, 5) is 60.1. The molecule has 0 amide bonds. The Labute approximate surface area is 234 Å². The zero-order valence-corrected chi connectivity index (χ0v) is 22.3. The van der Waals surface area contributed by atoms with Crippen molar-refractivity contribution in [3.63, 3.8) is 0 Å². The van der Waals surface area contributed by atoms with Crippen LogP contribution in [0.3, 0.4) is 0 Å². The molecule has 7 unspecified atom stereocenters. The number of carboxylic acid groups (broad SMARTS) is 1. The van der Waals surface area contributed by atoms with Crippen LogP contribution in [0.5, 0.6) is 0 Å². The molecule has 2 fully saturated rings. The maximum absolute atomic E-state index is 12.7. The molecular weight excluding hydrogens is 548 g/mol. The molecule has 0 saturated carbocycles. The molecule has 2 aliphatic rings. The van der Waals surface area contributed by atoms with Gasteiger partial charge in [-0.3, -0.25) is 9.59 Å². The number of ether oxygens (including phenoxy) is 5. The Balaban J connectivity index is 1.83. The molecule has 3 rings (SSSR count). The maximum atomic E-state index is 12.7. The summed E-state index contributed by atoms with van der Waals surface area (Å²) in [5, 5.41) is 39.7. The van der Waals surface area contributed by atoms with Crippen molar-refractivity contribution in [3.05, 3.63) is 42.0 Å². The zero-order valence-electron chi connectivity index (χ0n) is 22.3. The second-order valence-electron chi connectivity index (χ2n) is 10.1. The summed E-state index contributed by atoms with van der Waals surface area (Å²) in [5.41, 5.74) is -1.20. The van der Waals surface area contributed by atoms with Crippen LogP contribution >= 0.6 is 0 Å². The molecule has 7 atom stereocenters. The Morgan fingerprint density at radius 3 is 2.39 bits per heavy atom. The molecule has 2 saturated heterocycles. The van der Waals surface area contributed by atoms with E-state index in [1.807, 2.05) is 0 Å². The van der Waals surface area contributed by atoms with Crippen LogP contribution in [0, 0.1) is 5.92 Å². The Morgan fingerprint density at radius 1 is 1.12 bits per heavy atom. The number of aliphatic hydroxyl groups is 3. The van der Waals surface area contributed by atoms with Gasteiger partial charge in [0.15, 0.2) is 24.1 Å². The van der Waals surface area contributed by atoms with E-state index < -0.39 is 91.7 Å². The van der Waals surface area contributed by atoms with Crippen LogP contribution in [0.25, 0.3) is 6.08 Å². The van der Waals surface area contributed by atoms with Gasteiger partial charge >= 0.3 is 29.8 Å². The highest BCUT2D eigenvalue weighted by Gasteiger charge is 2.56. The van der Waals surface area contributed by atoms with Gasteiger partial charge in [-0.15, -0.1) is 0 Å². The molecule has 1 aromatic rings. The van der Waals surface area contributed by atoms with Gasteiger partial charge in [0.2, 0.25) is 0 Å². The van der Waals surface area contributed by atoms with Crippen molar-refractivity contribution in [2.24, 2.45) is 5.92 Å². The number of carbonyl (C=O) groups is 5. The summed E-state index contributed by atoms with van der Waals surface area (Å²) in [7, 11) is 0. The Kier molecular flexibility index (Phi) is 10.7. The van der Waals surface area contributed by atoms with Gasteiger partial charge in [-0.25, -0.2) is 14.4 Å². The maximum Gasteiger partial charge on any atom is 0.346 e. The van der Waals surface area contributed by atoms with Gasteiger partial charge in [-0.05, 0) is 24.0 Å². The number of esters is 4. The smallest absolute Gasteiger partial charge is 0.346 e. The molecule has 14 nitrogen and oxygen atoms in total. The van der Waals surface area contributed by atoms with Crippen molar-refractivity contribution in [1.29, 1.82) is 0 Å². The van der Waals surface area contributed by atoms with Crippen LogP contribution in [0.4, 0.5) is 0 Å². The van der Waals surface area contributed by atoms with Gasteiger partial charge in [-0.1, -0.05) is 44.2 Å². The first-order valence-corrected chi connectivity index (χ1v) is 12.8. The van der Waals surface area contributed by atoms with Crippen LogP contribution in [-0.2, 0) is 47.7 Å². The summed E-state index contributed by atoms with van der Waals surface area (Å²) < 4.78 is 26.6. The van der Waals surface area contributed by atoms with E-state index in [0.29, 0.717) is 5.56 Å². The number of hydrogen-bond donors (Lipinski definition) is 4. The number of hydrogen-bond acceptors (Lipinski definition) is 13. The molecule has 4 N–H and O–H groups in total. The van der Waals surface area contributed by atoms with Crippen molar-refractivity contribution in [2.75, 3.05) is 6.61 Å². The Hall–Kier alpha value is -3.69. The lowest BCUT2D eigenvalue weighted by Gasteiger charge is -2.43. The first kappa shape index (κ1) is 31.8. The standard InChI is InChI=1S/C27H32O14/c1-14(2)11-27(12-20(31)40-26(27)36)41-25-23(39-18(29)9-8-15-6-4-3-5-7-15)22(33)21(32)17(38-25)13-37-19(30)10-16(28)24(34)35/h3-9,14,16-17,21-23,25,28,32-33H,10-13H2,1-2H3,(H,34,35)/b9-8+. The van der Waals surface area contributed by atoms with Gasteiger partial charge in [0.1, 0.15) is 24.9 Å². The zero-order chi connectivity index (χ0) is 30.3. The SMILES string of the molecule is CC(C)CC1(OC2OC(COC(=O)CC(O)C(=O)O)C(O)C(O)C2OC(=O)/C=C/c2ccccc2)CC(=O)OC1=O. The third-order valence-corrected chi connectivity index (χ3v) is 6.25. The normalized spacial score (nSPS) is 28.9. The van der Waals surface area contributed by atoms with Crippen LogP contribution in [-0.4, -0.2) is 99.3 Å². The molecule has 0 radical (unpaired) electrons. The van der Waals surface area contributed by atoms with E-state index in [4.69, 9.17) is 28.8 Å². The monoisotopic (exact) mass is 580 g/mol. The third kappa shape index (κ3) is 8.41. The Bertz CT molecular complexity index is 1150. The number of aliphatic hydroxyl groups excluding tert-OH is 3. The van der Waals surface area contributed by atoms with E-state index in [2.05, 4.69) is 0 Å². The third-order valence-electron chi connectivity index (χ3n) is 6.25. The minimum Gasteiger partial charge on any atom is -0.479 e. The molecule has 0 spiro atoms. The quantitative estimate of drug-likeness (QED) is 0.108. The van der Waals surface area contributed by atoms with E-state index in [1.165, 1.54) is 6.08 Å². The fourth-order valence-electron chi connectivity index (χ4n) is 4.36. The van der Waals surface area contributed by atoms with Crippen molar-refractivity contribution >= 4 is 35.9 Å². The first-order chi connectivity index (χ1) is 19.3. The van der Waals surface area contributed by atoms with Gasteiger partial charge in [0.25, 0.3) is 0 Å². The predicted molar refractivity (Wildman–Crippen MR) is 134 cm³/mol. The summed E-state index contributed by atoms with van der Waals surface area (Å²) in [5.74, 6) is -5.84. The van der Waals surface area contributed by atoms with Crippen molar-refractivity contribution in [3.8, 4) is 0 Å². The number of carboxylic acids is 1. The number of benzene rings is 1. The average molecular weight is 581 g/mol. The number of carbonyl (C=O) groups excluding carboxylic acids is 4. The topological polar surface area (TPSA) is 212 Å². The summed E-state index contributed by atoms with van der Waals surface area (Å²) in [6, 6.07) is 8.71. The van der Waals surface area contributed by atoms with Gasteiger partial charge < -0.3 is 44.1 Å². The highest BCUT2D eigenvalue weighted by Crippen LogP contribution is 2.37. The van der Waals surface area contributed by atoms with Crippen LogP contribution < -0.4 is 0 Å². The molecular formula is C27H32O14. The fraction of sp³-hybridized carbons (Fsp3) is 0.519. The van der Waals surface area contributed by atoms with Crippen molar-refractivity contribution in [2.45, 2.75) is 75.5 Å². The fourth-order valence-corrected chi connectivity index (χ4v) is 4.36. The number of aliphatic carboxylic acids is 1. The van der Waals surface area contributed by atoms with E-state index in [0.717, 1.165) is 6.08 Å². The molecule has 224 valence electrons. The molecule has 0 bridgehead atoms. The van der Waals surface area contributed by atoms with Crippen LogP contribution in [0.15, 0.2) is 36.4 Å². The molecule has 14 heteroatoms. The summed E-state index contributed by atoms with van der Waals surface area (Å²) in [6.45, 7) is 2.76. The van der Waals surface area contributed by atoms with E-state index in [1.54, 1.807) is 44.2 Å². The highest BCUT2D eigenvalue weighted by molar-refractivity contribution is 5.99. The van der Waals surface area contributed by atoms with Gasteiger partial charge in [0, 0.05) is 6.08 Å². The lowest BCUT2D eigenvalue weighted by Crippen LogP contribution is -2.62. The lowest BCUT2D eigenvalue weighted by atomic mass is 9.90. The number of cyclic esters (lactones) is 2. The minimum atomic E-state index is -2.03. The molecule has 1 aromatic carbocycles. The average Bonchev–Trinajstić information content (AvgIpc) is 3.17. The van der Waals surface area contributed by atoms with E-state index in [-0.39, 0.29) is 12.3 Å². The van der Waals surface area contributed by atoms with Gasteiger partial charge in [-0.2, -0.15) is 0 Å². The van der Waals surface area contributed by atoms with Crippen molar-refractivity contribution in [1.82, 2.24) is 0 Å². The summed E-state index contributed by atoms with van der Waals surface area (Å²) in [6.07, 6.45) is -9.64. The van der Waals surface area contributed by atoms with E-state index in [9.17, 15) is 39.3 Å². The molecule has 2 aliphatic heterocycles. The van der Waals surface area contributed by atoms with Crippen LogP contribution in [0.2, 0.25) is 0 Å². The number of rotatable bonds is 12. The first-order valence-electron chi connectivity index (χ1n) is 12.8. The van der Waals surface area contributed by atoms with E-state index >= 15 is 0 Å². The second-order valence-corrected chi connectivity index (χ2v) is 10.1. The van der Waals surface area contributed by atoms with Crippen LogP contribution in [0.1, 0.15) is 38.7 Å².